The van der Waals surface area contributed by atoms with Gasteiger partial charge in [0.2, 0.25) is 0 Å². The zero-order valence-electron chi connectivity index (χ0n) is 11.3. The van der Waals surface area contributed by atoms with Crippen LogP contribution in [-0.2, 0) is 6.54 Å². The quantitative estimate of drug-likeness (QED) is 0.786. The molecule has 0 radical (unpaired) electrons. The Balaban J connectivity index is 2.12. The Labute approximate surface area is 118 Å². The van der Waals surface area contributed by atoms with E-state index in [1.54, 1.807) is 0 Å². The highest BCUT2D eigenvalue weighted by Gasteiger charge is 2.08. The van der Waals surface area contributed by atoms with Crippen molar-refractivity contribution in [2.75, 3.05) is 7.05 Å². The summed E-state index contributed by atoms with van der Waals surface area (Å²) < 4.78 is 2.07. The van der Waals surface area contributed by atoms with Gasteiger partial charge in [0.1, 0.15) is 6.07 Å². The van der Waals surface area contributed by atoms with Gasteiger partial charge in [-0.3, -0.25) is 0 Å². The van der Waals surface area contributed by atoms with Gasteiger partial charge < -0.3 is 9.88 Å². The van der Waals surface area contributed by atoms with Crippen molar-refractivity contribution in [1.82, 2.24) is 9.88 Å². The lowest BCUT2D eigenvalue weighted by atomic mass is 10.2. The summed E-state index contributed by atoms with van der Waals surface area (Å²) in [7, 11) is 1.94. The zero-order chi connectivity index (χ0) is 13.9. The fourth-order valence-electron chi connectivity index (χ4n) is 2.46. The van der Waals surface area contributed by atoms with E-state index in [4.69, 9.17) is 0 Å². The summed E-state index contributed by atoms with van der Waals surface area (Å²) in [4.78, 5) is 0. The molecule has 0 aliphatic carbocycles. The summed E-state index contributed by atoms with van der Waals surface area (Å²) in [6.07, 6.45) is 1.90. The zero-order valence-corrected chi connectivity index (χ0v) is 11.3. The maximum atomic E-state index is 9.24. The van der Waals surface area contributed by atoms with Crippen LogP contribution in [0.25, 0.3) is 16.6 Å². The molecule has 0 bridgehead atoms. The molecule has 0 saturated carbocycles. The van der Waals surface area contributed by atoms with Crippen molar-refractivity contribution in [3.63, 3.8) is 0 Å². The molecule has 0 saturated heterocycles. The van der Waals surface area contributed by atoms with Crippen LogP contribution in [0.3, 0.4) is 0 Å². The minimum absolute atomic E-state index is 0.708. The van der Waals surface area contributed by atoms with Crippen LogP contribution in [0, 0.1) is 11.3 Å². The number of para-hydroxylation sites is 1. The molecule has 1 aromatic heterocycles. The molecule has 0 spiro atoms. The Morgan fingerprint density at radius 3 is 2.55 bits per heavy atom. The third-order valence-corrected chi connectivity index (χ3v) is 3.43. The first-order chi connectivity index (χ1) is 9.83. The van der Waals surface area contributed by atoms with Crippen LogP contribution >= 0.6 is 0 Å². The van der Waals surface area contributed by atoms with Crippen molar-refractivity contribution in [2.45, 2.75) is 6.54 Å². The van der Waals surface area contributed by atoms with Crippen LogP contribution in [0.15, 0.2) is 54.7 Å². The van der Waals surface area contributed by atoms with Crippen molar-refractivity contribution in [1.29, 1.82) is 5.26 Å². The van der Waals surface area contributed by atoms with Gasteiger partial charge in [-0.05, 0) is 30.8 Å². The largest absolute Gasteiger partial charge is 0.316 e. The second-order valence-corrected chi connectivity index (χ2v) is 4.74. The minimum Gasteiger partial charge on any atom is -0.316 e. The number of hydrogen-bond acceptors (Lipinski definition) is 2. The summed E-state index contributed by atoms with van der Waals surface area (Å²) in [5.74, 6) is 0. The first kappa shape index (κ1) is 12.5. The third-order valence-electron chi connectivity index (χ3n) is 3.43. The van der Waals surface area contributed by atoms with Crippen LogP contribution in [0.1, 0.15) is 11.1 Å². The van der Waals surface area contributed by atoms with E-state index in [0.29, 0.717) is 5.56 Å². The lowest BCUT2D eigenvalue weighted by Gasteiger charge is -2.06. The molecular weight excluding hydrogens is 246 g/mol. The number of benzene rings is 2. The van der Waals surface area contributed by atoms with Crippen LogP contribution < -0.4 is 5.32 Å². The van der Waals surface area contributed by atoms with E-state index in [2.05, 4.69) is 40.2 Å². The number of fused-ring (bicyclic) bond motifs is 1. The van der Waals surface area contributed by atoms with Gasteiger partial charge in [-0.1, -0.05) is 30.3 Å². The topological polar surface area (TPSA) is 40.8 Å². The number of nitriles is 1. The molecule has 0 aliphatic heterocycles. The number of nitrogens with zero attached hydrogens (tertiary/aromatic N) is 2. The van der Waals surface area contributed by atoms with Crippen LogP contribution in [0.2, 0.25) is 0 Å². The average molecular weight is 261 g/mol. The maximum absolute atomic E-state index is 9.24. The average Bonchev–Trinajstić information content (AvgIpc) is 2.87. The second kappa shape index (κ2) is 5.20. The number of aromatic nitrogens is 1. The second-order valence-electron chi connectivity index (χ2n) is 4.74. The minimum atomic E-state index is 0.708. The van der Waals surface area contributed by atoms with E-state index >= 15 is 0 Å². The normalized spacial score (nSPS) is 10.6. The fourth-order valence-corrected chi connectivity index (χ4v) is 2.46. The number of rotatable bonds is 3. The van der Waals surface area contributed by atoms with Crippen LogP contribution in [0.5, 0.6) is 0 Å². The first-order valence-electron chi connectivity index (χ1n) is 6.57. The lowest BCUT2D eigenvalue weighted by molar-refractivity contribution is 0.817. The van der Waals surface area contributed by atoms with E-state index < -0.39 is 0 Å². The van der Waals surface area contributed by atoms with Crippen molar-refractivity contribution in [3.8, 4) is 11.8 Å². The molecule has 3 rings (SSSR count). The van der Waals surface area contributed by atoms with E-state index in [1.807, 2.05) is 37.5 Å². The molecule has 0 fully saturated rings. The van der Waals surface area contributed by atoms with Gasteiger partial charge in [0.25, 0.3) is 0 Å². The van der Waals surface area contributed by atoms with Crippen molar-refractivity contribution < 1.29 is 0 Å². The van der Waals surface area contributed by atoms with Crippen molar-refractivity contribution in [3.05, 3.63) is 65.9 Å². The molecule has 0 aliphatic rings. The van der Waals surface area contributed by atoms with Crippen molar-refractivity contribution in [2.24, 2.45) is 0 Å². The molecule has 98 valence electrons. The summed E-state index contributed by atoms with van der Waals surface area (Å²) in [6, 6.07) is 18.6. The highest BCUT2D eigenvalue weighted by molar-refractivity contribution is 5.87. The Morgan fingerprint density at radius 1 is 1.10 bits per heavy atom. The summed E-state index contributed by atoms with van der Waals surface area (Å²) in [5.41, 5.74) is 4.08. The van der Waals surface area contributed by atoms with E-state index in [1.165, 1.54) is 5.56 Å². The standard InChI is InChI=1S/C17H15N3/c1-19-11-13-6-8-15(9-7-13)20-12-14(10-18)16-4-2-3-5-17(16)20/h2-9,12,19H,11H2,1H3. The predicted molar refractivity (Wildman–Crippen MR) is 80.8 cm³/mol. The lowest BCUT2D eigenvalue weighted by Crippen LogP contribution is -2.04. The molecule has 3 nitrogen and oxygen atoms in total. The Kier molecular flexibility index (Phi) is 3.24. The first-order valence-corrected chi connectivity index (χ1v) is 6.57. The van der Waals surface area contributed by atoms with E-state index in [-0.39, 0.29) is 0 Å². The molecule has 0 amide bonds. The van der Waals surface area contributed by atoms with E-state index in [9.17, 15) is 5.26 Å². The molecule has 0 unspecified atom stereocenters. The van der Waals surface area contributed by atoms with Crippen LogP contribution in [-0.4, -0.2) is 11.6 Å². The van der Waals surface area contributed by atoms with Gasteiger partial charge in [0.15, 0.2) is 0 Å². The molecule has 0 atom stereocenters. The Morgan fingerprint density at radius 2 is 1.85 bits per heavy atom. The monoisotopic (exact) mass is 261 g/mol. The van der Waals surface area contributed by atoms with Crippen molar-refractivity contribution >= 4 is 10.9 Å². The molecule has 1 heterocycles. The maximum Gasteiger partial charge on any atom is 0.101 e. The van der Waals surface area contributed by atoms with E-state index in [0.717, 1.165) is 23.1 Å². The highest BCUT2D eigenvalue weighted by Crippen LogP contribution is 2.24. The van der Waals surface area contributed by atoms with Gasteiger partial charge in [-0.2, -0.15) is 5.26 Å². The Bertz CT molecular complexity index is 776. The summed E-state index contributed by atoms with van der Waals surface area (Å²) in [5, 5.41) is 13.4. The SMILES string of the molecule is CNCc1ccc(-n2cc(C#N)c3ccccc32)cc1. The molecule has 3 aromatic rings. The molecule has 2 aromatic carbocycles. The van der Waals surface area contributed by atoms with Gasteiger partial charge >= 0.3 is 0 Å². The molecular formula is C17H15N3. The van der Waals surface area contributed by atoms with Gasteiger partial charge in [0.05, 0.1) is 11.1 Å². The van der Waals surface area contributed by atoms with Gasteiger partial charge in [0, 0.05) is 23.8 Å². The number of nitrogens with one attached hydrogen (secondary N) is 1. The Hall–Kier alpha value is -2.57. The fraction of sp³-hybridized carbons (Fsp3) is 0.118. The predicted octanol–water partition coefficient (Wildman–Crippen LogP) is 3.22. The van der Waals surface area contributed by atoms with Gasteiger partial charge in [-0.15, -0.1) is 0 Å². The summed E-state index contributed by atoms with van der Waals surface area (Å²) in [6.45, 7) is 0.857. The van der Waals surface area contributed by atoms with Crippen LogP contribution in [0.4, 0.5) is 0 Å². The van der Waals surface area contributed by atoms with Gasteiger partial charge in [-0.25, -0.2) is 0 Å². The molecule has 20 heavy (non-hydrogen) atoms. The third kappa shape index (κ3) is 2.07. The number of hydrogen-bond donors (Lipinski definition) is 1. The highest BCUT2D eigenvalue weighted by atomic mass is 15.0. The smallest absolute Gasteiger partial charge is 0.101 e. The summed E-state index contributed by atoms with van der Waals surface area (Å²) >= 11 is 0. The molecule has 3 heteroatoms. The molecule has 1 N–H and O–H groups in total.